The summed E-state index contributed by atoms with van der Waals surface area (Å²) in [5.41, 5.74) is 1.44. The summed E-state index contributed by atoms with van der Waals surface area (Å²) in [7, 11) is 0. The molecule has 0 amide bonds. The van der Waals surface area contributed by atoms with E-state index in [2.05, 4.69) is 45.8 Å². The van der Waals surface area contributed by atoms with Crippen LogP contribution in [0.25, 0.3) is 0 Å². The Hall–Kier alpha value is -0.430. The van der Waals surface area contributed by atoms with Gasteiger partial charge >= 0.3 is 0 Å². The number of hydrogen-bond donors (Lipinski definition) is 0. The Morgan fingerprint density at radius 1 is 1.46 bits per heavy atom. The minimum Gasteiger partial charge on any atom is -0.130 e. The van der Waals surface area contributed by atoms with Gasteiger partial charge in [-0.15, -0.1) is 11.8 Å². The fraction of sp³-hybridized carbons (Fsp3) is 0.500. The Balaban J connectivity index is 4.38. The first-order chi connectivity index (χ1) is 6.15. The zero-order valence-corrected chi connectivity index (χ0v) is 9.95. The van der Waals surface area contributed by atoms with Crippen LogP contribution in [0.1, 0.15) is 27.2 Å². The highest BCUT2D eigenvalue weighted by atomic mass is 32.2. The molecule has 0 nitrogen and oxygen atoms in total. The van der Waals surface area contributed by atoms with E-state index in [0.29, 0.717) is 5.92 Å². The zero-order chi connectivity index (χ0) is 10.3. The second kappa shape index (κ2) is 7.02. The molecule has 0 heterocycles. The highest BCUT2D eigenvalue weighted by Crippen LogP contribution is 2.16. The average Bonchev–Trinajstić information content (AvgIpc) is 2.17. The number of thioether (sulfide) groups is 1. The minimum absolute atomic E-state index is 0.684. The van der Waals surface area contributed by atoms with Crippen molar-refractivity contribution < 1.29 is 0 Å². The molecule has 0 aliphatic carbocycles. The molecule has 1 atom stereocenters. The lowest BCUT2D eigenvalue weighted by Crippen LogP contribution is -1.92. The molecule has 0 N–H and O–H groups in total. The van der Waals surface area contributed by atoms with Crippen molar-refractivity contribution in [2.45, 2.75) is 27.2 Å². The summed E-state index contributed by atoms with van der Waals surface area (Å²) in [5, 5.41) is 0. The molecule has 0 saturated carbocycles. The molecule has 0 rings (SSSR count). The van der Waals surface area contributed by atoms with Crippen LogP contribution in [0.5, 0.6) is 0 Å². The number of rotatable bonds is 5. The van der Waals surface area contributed by atoms with Gasteiger partial charge in [-0.25, -0.2) is 0 Å². The van der Waals surface area contributed by atoms with Crippen LogP contribution in [0.15, 0.2) is 35.3 Å². The van der Waals surface area contributed by atoms with Crippen LogP contribution in [0.4, 0.5) is 0 Å². The molecule has 1 heteroatoms. The summed E-state index contributed by atoms with van der Waals surface area (Å²) in [6.07, 6.45) is 9.50. The van der Waals surface area contributed by atoms with Crippen molar-refractivity contribution in [2.75, 3.05) is 6.26 Å². The fourth-order valence-corrected chi connectivity index (χ4v) is 1.29. The van der Waals surface area contributed by atoms with Crippen LogP contribution in [-0.2, 0) is 0 Å². The number of allylic oxidation sites excluding steroid dienone is 4. The predicted molar refractivity (Wildman–Crippen MR) is 65.0 cm³/mol. The third-order valence-electron chi connectivity index (χ3n) is 2.34. The summed E-state index contributed by atoms with van der Waals surface area (Å²) in [6.45, 7) is 10.4. The highest BCUT2D eigenvalue weighted by molar-refractivity contribution is 8.02. The normalized spacial score (nSPS) is 15.7. The maximum atomic E-state index is 3.76. The first kappa shape index (κ1) is 12.6. The summed E-state index contributed by atoms with van der Waals surface area (Å²) in [4.78, 5) is 1.22. The molecular weight excluding hydrogens is 176 g/mol. The molecule has 0 aromatic heterocycles. The van der Waals surface area contributed by atoms with Crippen molar-refractivity contribution in [1.29, 1.82) is 0 Å². The van der Waals surface area contributed by atoms with Gasteiger partial charge < -0.3 is 0 Å². The van der Waals surface area contributed by atoms with E-state index in [4.69, 9.17) is 0 Å². The number of hydrogen-bond acceptors (Lipinski definition) is 1. The molecule has 0 spiro atoms. The molecule has 0 aliphatic rings. The summed E-state index contributed by atoms with van der Waals surface area (Å²) in [5.74, 6) is 0.684. The van der Waals surface area contributed by atoms with Crippen molar-refractivity contribution in [3.8, 4) is 0 Å². The molecule has 0 saturated heterocycles. The van der Waals surface area contributed by atoms with Gasteiger partial charge in [0.1, 0.15) is 0 Å². The van der Waals surface area contributed by atoms with Gasteiger partial charge in [-0.05, 0) is 31.6 Å². The predicted octanol–water partition coefficient (Wildman–Crippen LogP) is 4.41. The fourth-order valence-electron chi connectivity index (χ4n) is 0.919. The SMILES string of the molecule is C=C/C(=C\C=C(/C)[C@@H](C)CC)SC. The zero-order valence-electron chi connectivity index (χ0n) is 9.13. The molecule has 0 aliphatic heterocycles. The lowest BCUT2D eigenvalue weighted by atomic mass is 10.00. The van der Waals surface area contributed by atoms with Crippen LogP contribution in [-0.4, -0.2) is 6.26 Å². The van der Waals surface area contributed by atoms with Crippen LogP contribution in [0.2, 0.25) is 0 Å². The quantitative estimate of drug-likeness (QED) is 0.587. The molecule has 0 bridgehead atoms. The third kappa shape index (κ3) is 4.99. The molecular formula is C12H20S. The van der Waals surface area contributed by atoms with Crippen molar-refractivity contribution in [2.24, 2.45) is 5.92 Å². The molecule has 0 unspecified atom stereocenters. The summed E-state index contributed by atoms with van der Waals surface area (Å²) < 4.78 is 0. The average molecular weight is 196 g/mol. The van der Waals surface area contributed by atoms with Gasteiger partial charge in [-0.2, -0.15) is 0 Å². The van der Waals surface area contributed by atoms with Gasteiger partial charge in [0.05, 0.1) is 0 Å². The van der Waals surface area contributed by atoms with E-state index in [9.17, 15) is 0 Å². The van der Waals surface area contributed by atoms with Gasteiger partial charge in [0.2, 0.25) is 0 Å². The molecule has 0 radical (unpaired) electrons. The second-order valence-corrected chi connectivity index (χ2v) is 4.08. The Bertz CT molecular complexity index is 211. The van der Waals surface area contributed by atoms with Crippen molar-refractivity contribution in [1.82, 2.24) is 0 Å². The topological polar surface area (TPSA) is 0 Å². The second-order valence-electron chi connectivity index (χ2n) is 3.20. The Morgan fingerprint density at radius 2 is 2.08 bits per heavy atom. The standard InChI is InChI=1S/C12H20S/c1-6-10(3)11(4)8-9-12(7-2)13-5/h7-10H,2,6H2,1,3-5H3/b11-8+,12-9+/t10-/m0/s1. The van der Waals surface area contributed by atoms with E-state index < -0.39 is 0 Å². The molecule has 0 fully saturated rings. The molecule has 0 aromatic carbocycles. The van der Waals surface area contributed by atoms with Gasteiger partial charge in [-0.1, -0.05) is 38.2 Å². The van der Waals surface area contributed by atoms with E-state index in [1.165, 1.54) is 16.9 Å². The van der Waals surface area contributed by atoms with Crippen molar-refractivity contribution >= 4 is 11.8 Å². The van der Waals surface area contributed by atoms with E-state index in [1.807, 2.05) is 6.08 Å². The summed E-state index contributed by atoms with van der Waals surface area (Å²) >= 11 is 1.73. The Labute approximate surface area is 86.8 Å². The van der Waals surface area contributed by atoms with E-state index in [0.717, 1.165) is 0 Å². The maximum absolute atomic E-state index is 3.76. The van der Waals surface area contributed by atoms with Crippen molar-refractivity contribution in [3.63, 3.8) is 0 Å². The maximum Gasteiger partial charge on any atom is 0.00632 e. The van der Waals surface area contributed by atoms with E-state index in [-0.39, 0.29) is 0 Å². The minimum atomic E-state index is 0.684. The van der Waals surface area contributed by atoms with Crippen LogP contribution in [0, 0.1) is 5.92 Å². The van der Waals surface area contributed by atoms with Gasteiger partial charge in [-0.3, -0.25) is 0 Å². The van der Waals surface area contributed by atoms with Crippen LogP contribution in [0.3, 0.4) is 0 Å². The Kier molecular flexibility index (Phi) is 6.79. The first-order valence-corrected chi connectivity index (χ1v) is 5.93. The van der Waals surface area contributed by atoms with Crippen molar-refractivity contribution in [3.05, 3.63) is 35.3 Å². The largest absolute Gasteiger partial charge is 0.130 e. The van der Waals surface area contributed by atoms with Gasteiger partial charge in [0.15, 0.2) is 0 Å². The molecule has 0 aromatic rings. The van der Waals surface area contributed by atoms with E-state index in [1.54, 1.807) is 11.8 Å². The van der Waals surface area contributed by atoms with Crippen LogP contribution >= 0.6 is 11.8 Å². The summed E-state index contributed by atoms with van der Waals surface area (Å²) in [6, 6.07) is 0. The first-order valence-electron chi connectivity index (χ1n) is 4.70. The molecule has 74 valence electrons. The van der Waals surface area contributed by atoms with Gasteiger partial charge in [0, 0.05) is 4.91 Å². The Morgan fingerprint density at radius 3 is 2.46 bits per heavy atom. The smallest absolute Gasteiger partial charge is 0.00632 e. The van der Waals surface area contributed by atoms with Crippen LogP contribution < -0.4 is 0 Å². The molecule has 13 heavy (non-hydrogen) atoms. The highest BCUT2D eigenvalue weighted by Gasteiger charge is 1.98. The third-order valence-corrected chi connectivity index (χ3v) is 3.11. The monoisotopic (exact) mass is 196 g/mol. The van der Waals surface area contributed by atoms with Gasteiger partial charge in [0.25, 0.3) is 0 Å². The lowest BCUT2D eigenvalue weighted by molar-refractivity contribution is 0.655. The lowest BCUT2D eigenvalue weighted by Gasteiger charge is -2.07. The van der Waals surface area contributed by atoms with E-state index >= 15 is 0 Å².